The Labute approximate surface area is 210 Å². The van der Waals surface area contributed by atoms with Crippen molar-refractivity contribution in [2.75, 3.05) is 26.9 Å². The summed E-state index contributed by atoms with van der Waals surface area (Å²) in [6.45, 7) is 7.64. The third kappa shape index (κ3) is 5.66. The number of fused-ring (bicyclic) bond motifs is 2. The number of carboxylic acid groups (broad SMARTS) is 1. The molecule has 36 heavy (non-hydrogen) atoms. The molecule has 2 saturated heterocycles. The summed E-state index contributed by atoms with van der Waals surface area (Å²) in [5.41, 5.74) is -0.637. The number of rotatable bonds is 10. The van der Waals surface area contributed by atoms with E-state index in [0.717, 1.165) is 12.2 Å². The van der Waals surface area contributed by atoms with Gasteiger partial charge < -0.3 is 19.3 Å². The summed E-state index contributed by atoms with van der Waals surface area (Å²) in [6, 6.07) is 3.64. The van der Waals surface area contributed by atoms with Crippen LogP contribution < -0.4 is 10.1 Å². The molecule has 196 valence electrons. The Morgan fingerprint density at radius 2 is 2.14 bits per heavy atom. The predicted octanol–water partition coefficient (Wildman–Crippen LogP) is 2.81. The van der Waals surface area contributed by atoms with Gasteiger partial charge in [0.2, 0.25) is 11.7 Å². The molecule has 2 bridgehead atoms. The molecule has 10 nitrogen and oxygen atoms in total. The van der Waals surface area contributed by atoms with E-state index in [1.54, 1.807) is 0 Å². The first-order valence-corrected chi connectivity index (χ1v) is 15.7. The van der Waals surface area contributed by atoms with E-state index in [2.05, 4.69) is 35.0 Å². The second kappa shape index (κ2) is 10.4. The Kier molecular flexibility index (Phi) is 7.60. The number of hydrogen-bond acceptors (Lipinski definition) is 8. The summed E-state index contributed by atoms with van der Waals surface area (Å²) in [7, 11) is 0.108. The molecule has 3 atom stereocenters. The summed E-state index contributed by atoms with van der Waals surface area (Å²) in [5.74, 6) is -2.38. The summed E-state index contributed by atoms with van der Waals surface area (Å²) in [5, 5.41) is 17.4. The molecule has 2 fully saturated rings. The van der Waals surface area contributed by atoms with Gasteiger partial charge in [-0.25, -0.2) is 14.1 Å². The number of nitrogens with one attached hydrogen (secondary N) is 1. The van der Waals surface area contributed by atoms with Gasteiger partial charge in [-0.2, -0.15) is 5.10 Å². The van der Waals surface area contributed by atoms with E-state index in [9.17, 15) is 19.1 Å². The number of ketones is 1. The quantitative estimate of drug-likeness (QED) is 0.276. The minimum atomic E-state index is -1.32. The highest BCUT2D eigenvalue weighted by Crippen LogP contribution is 2.35. The van der Waals surface area contributed by atoms with Gasteiger partial charge in [-0.15, -0.1) is 0 Å². The number of aliphatic carboxylic acids is 1. The summed E-state index contributed by atoms with van der Waals surface area (Å²) >= 11 is 0. The summed E-state index contributed by atoms with van der Waals surface area (Å²) in [6.07, 6.45) is 1.53. The molecule has 2 aromatic rings. The van der Waals surface area contributed by atoms with Crippen molar-refractivity contribution in [3.05, 3.63) is 29.8 Å². The van der Waals surface area contributed by atoms with Crippen molar-refractivity contribution in [2.24, 2.45) is 5.92 Å². The predicted molar refractivity (Wildman–Crippen MR) is 131 cm³/mol. The van der Waals surface area contributed by atoms with E-state index in [4.69, 9.17) is 14.2 Å². The van der Waals surface area contributed by atoms with Crippen molar-refractivity contribution in [3.8, 4) is 17.1 Å². The molecule has 0 spiro atoms. The van der Waals surface area contributed by atoms with E-state index >= 15 is 0 Å². The second-order valence-electron chi connectivity index (χ2n) is 10.7. The zero-order valence-electron chi connectivity index (χ0n) is 21.0. The molecule has 2 aliphatic rings. The van der Waals surface area contributed by atoms with E-state index in [0.29, 0.717) is 25.3 Å². The Bertz CT molecular complexity index is 1140. The largest absolute Gasteiger partial charge is 0.481 e. The lowest BCUT2D eigenvalue weighted by Crippen LogP contribution is -2.68. The van der Waals surface area contributed by atoms with Crippen molar-refractivity contribution in [2.45, 2.75) is 56.8 Å². The lowest BCUT2D eigenvalue weighted by atomic mass is 9.75. The maximum atomic E-state index is 14.8. The first kappa shape index (κ1) is 26.4. The van der Waals surface area contributed by atoms with Crippen molar-refractivity contribution >= 4 is 19.8 Å². The van der Waals surface area contributed by atoms with Crippen LogP contribution in [0.5, 0.6) is 5.88 Å². The van der Waals surface area contributed by atoms with Crippen LogP contribution in [0.25, 0.3) is 11.3 Å². The van der Waals surface area contributed by atoms with Gasteiger partial charge in [-0.05, 0) is 25.0 Å². The molecule has 0 amide bonds. The molecule has 2 aliphatic heterocycles. The molecule has 2 aromatic heterocycles. The van der Waals surface area contributed by atoms with Crippen LogP contribution in [0, 0.1) is 11.7 Å². The minimum absolute atomic E-state index is 0.0223. The van der Waals surface area contributed by atoms with Gasteiger partial charge >= 0.3 is 5.97 Å². The lowest BCUT2D eigenvalue weighted by molar-refractivity contribution is -0.146. The fourth-order valence-electron chi connectivity index (χ4n) is 4.70. The summed E-state index contributed by atoms with van der Waals surface area (Å²) in [4.78, 5) is 29.5. The molecule has 0 radical (unpaired) electrons. The highest BCUT2D eigenvalue weighted by molar-refractivity contribution is 6.76. The fourth-order valence-corrected chi connectivity index (χ4v) is 5.46. The number of carbonyl (C=O) groups is 2. The number of piperidine rings is 1. The van der Waals surface area contributed by atoms with Gasteiger partial charge in [0.15, 0.2) is 5.82 Å². The van der Waals surface area contributed by atoms with Gasteiger partial charge in [0.25, 0.3) is 0 Å². The molecule has 0 aromatic carbocycles. The average molecular weight is 521 g/mol. The van der Waals surface area contributed by atoms with Gasteiger partial charge in [-0.3, -0.25) is 14.9 Å². The monoisotopic (exact) mass is 520 g/mol. The standard InChI is InChI=1S/C24H33FN4O6Si/c1-33-21-8-17(18(25)11-26-21)20-9-19(28-29(20)14-34-5-6-36(2,3)4)22(30)24-10-15(23(31)32)7-16(27-24)12-35-13-24/h8-9,11,15-16,27H,5-7,10,12-14H2,1-4H3,(H,31,32). The summed E-state index contributed by atoms with van der Waals surface area (Å²) < 4.78 is 33.0. The number of methoxy groups -OCH3 is 1. The topological polar surface area (TPSA) is 125 Å². The molecule has 4 rings (SSSR count). The number of ether oxygens (including phenoxy) is 3. The SMILES string of the molecule is COc1cc(-c2cc(C(=O)C34COCC(CC(C(=O)O)C3)N4)nn2COCC[Si](C)(C)C)c(F)cn1. The number of aromatic nitrogens is 3. The number of morpholine rings is 1. The molecule has 12 heteroatoms. The number of halogens is 1. The highest BCUT2D eigenvalue weighted by atomic mass is 28.3. The normalized spacial score (nSPS) is 23.9. The molecular formula is C24H33FN4O6Si. The van der Waals surface area contributed by atoms with Crippen LogP contribution >= 0.6 is 0 Å². The number of carboxylic acids is 1. The van der Waals surface area contributed by atoms with E-state index in [1.165, 1.54) is 23.9 Å². The molecular weight excluding hydrogens is 487 g/mol. The van der Waals surface area contributed by atoms with Gasteiger partial charge in [-0.1, -0.05) is 19.6 Å². The van der Waals surface area contributed by atoms with Gasteiger partial charge in [0.1, 0.15) is 18.0 Å². The number of hydrogen-bond donors (Lipinski definition) is 2. The number of Topliss-reactive ketones (excluding diaryl/α,β-unsaturated/α-hetero) is 1. The maximum absolute atomic E-state index is 14.8. The van der Waals surface area contributed by atoms with Gasteiger partial charge in [0, 0.05) is 32.4 Å². The highest BCUT2D eigenvalue weighted by Gasteiger charge is 2.51. The molecule has 0 aliphatic carbocycles. The third-order valence-electron chi connectivity index (χ3n) is 6.63. The molecule has 3 unspecified atom stereocenters. The van der Waals surface area contributed by atoms with E-state index < -0.39 is 31.3 Å². The molecule has 4 heterocycles. The van der Waals surface area contributed by atoms with E-state index in [1.807, 2.05) is 0 Å². The smallest absolute Gasteiger partial charge is 0.306 e. The zero-order valence-corrected chi connectivity index (χ0v) is 22.0. The van der Waals surface area contributed by atoms with Gasteiger partial charge in [0.05, 0.1) is 38.1 Å². The minimum Gasteiger partial charge on any atom is -0.481 e. The van der Waals surface area contributed by atoms with Crippen LogP contribution in [0.2, 0.25) is 25.7 Å². The van der Waals surface area contributed by atoms with Crippen LogP contribution in [0.15, 0.2) is 18.3 Å². The zero-order chi connectivity index (χ0) is 26.1. The number of pyridine rings is 1. The first-order chi connectivity index (χ1) is 17.0. The van der Waals surface area contributed by atoms with Crippen molar-refractivity contribution in [1.82, 2.24) is 20.1 Å². The number of nitrogens with zero attached hydrogens (tertiary/aromatic N) is 3. The van der Waals surface area contributed by atoms with Crippen LogP contribution in [0.1, 0.15) is 23.3 Å². The Morgan fingerprint density at radius 1 is 1.36 bits per heavy atom. The second-order valence-corrected chi connectivity index (χ2v) is 16.3. The lowest BCUT2D eigenvalue weighted by Gasteiger charge is -2.46. The van der Waals surface area contributed by atoms with Crippen LogP contribution in [0.3, 0.4) is 0 Å². The van der Waals surface area contributed by atoms with Crippen molar-refractivity contribution in [3.63, 3.8) is 0 Å². The number of carbonyl (C=O) groups excluding carboxylic acids is 1. The average Bonchev–Trinajstić information content (AvgIpc) is 3.24. The Balaban J connectivity index is 1.68. The van der Waals surface area contributed by atoms with Crippen LogP contribution in [-0.4, -0.2) is 78.2 Å². The maximum Gasteiger partial charge on any atom is 0.306 e. The Hall–Kier alpha value is -2.67. The van der Waals surface area contributed by atoms with E-state index in [-0.39, 0.29) is 48.7 Å². The third-order valence-corrected chi connectivity index (χ3v) is 8.34. The molecule has 0 saturated carbocycles. The van der Waals surface area contributed by atoms with Crippen LogP contribution in [-0.2, 0) is 21.0 Å². The first-order valence-electron chi connectivity index (χ1n) is 12.0. The Morgan fingerprint density at radius 3 is 2.83 bits per heavy atom. The molecule has 2 N–H and O–H groups in total. The van der Waals surface area contributed by atoms with Crippen molar-refractivity contribution < 1.29 is 33.3 Å². The fraction of sp³-hybridized carbons (Fsp3) is 0.583. The van der Waals surface area contributed by atoms with Crippen molar-refractivity contribution in [1.29, 1.82) is 0 Å². The van der Waals surface area contributed by atoms with Crippen LogP contribution in [0.4, 0.5) is 4.39 Å².